The molecule has 0 saturated carbocycles. The molecule has 1 aromatic rings. The number of unbranched alkanes of at least 4 members (excludes halogenated alkanes) is 2. The van der Waals surface area contributed by atoms with Gasteiger partial charge in [0, 0.05) is 12.8 Å². The Hall–Kier alpha value is -1.38. The van der Waals surface area contributed by atoms with Crippen molar-refractivity contribution in [3.63, 3.8) is 0 Å². The van der Waals surface area contributed by atoms with Crippen LogP contribution in [0.5, 0.6) is 5.75 Å². The predicted octanol–water partition coefficient (Wildman–Crippen LogP) is 5.25. The number of ketones is 1. The Kier molecular flexibility index (Phi) is 8.15. The second kappa shape index (κ2) is 9.60. The Morgan fingerprint density at radius 2 is 1.95 bits per heavy atom. The van der Waals surface area contributed by atoms with E-state index in [0.29, 0.717) is 43.3 Å². The zero-order valence-corrected chi connectivity index (χ0v) is 14.4. The van der Waals surface area contributed by atoms with Gasteiger partial charge in [-0.15, -0.1) is 0 Å². The van der Waals surface area contributed by atoms with Crippen LogP contribution in [-0.2, 0) is 11.2 Å². The highest BCUT2D eigenvalue weighted by molar-refractivity contribution is 5.77. The molecule has 1 rings (SSSR count). The predicted molar refractivity (Wildman–Crippen MR) is 88.9 cm³/mol. The van der Waals surface area contributed by atoms with Gasteiger partial charge in [-0.1, -0.05) is 33.3 Å². The van der Waals surface area contributed by atoms with Crippen LogP contribution in [0.15, 0.2) is 12.1 Å². The number of ether oxygens (including phenoxy) is 1. The van der Waals surface area contributed by atoms with Gasteiger partial charge in [-0.2, -0.15) is 0 Å². The van der Waals surface area contributed by atoms with Gasteiger partial charge in [0.25, 0.3) is 0 Å². The molecule has 1 aromatic carbocycles. The number of aryl methyl sites for hydroxylation is 2. The minimum absolute atomic E-state index is 0.226. The SMILES string of the molecule is CCC(=O)CCCCCc1cc(C)cc(OCC(C)C)c1F. The summed E-state index contributed by atoms with van der Waals surface area (Å²) in [5, 5.41) is 0. The summed E-state index contributed by atoms with van der Waals surface area (Å²) in [6, 6.07) is 3.66. The Morgan fingerprint density at radius 3 is 2.59 bits per heavy atom. The first-order valence-corrected chi connectivity index (χ1v) is 8.37. The number of carbonyl (C=O) groups excluding carboxylic acids is 1. The quantitative estimate of drug-likeness (QED) is 0.552. The lowest BCUT2D eigenvalue weighted by Gasteiger charge is -2.13. The van der Waals surface area contributed by atoms with E-state index in [1.807, 2.05) is 33.8 Å². The molecule has 0 radical (unpaired) electrons. The van der Waals surface area contributed by atoms with Gasteiger partial charge >= 0.3 is 0 Å². The van der Waals surface area contributed by atoms with Gasteiger partial charge in [0.1, 0.15) is 5.78 Å². The van der Waals surface area contributed by atoms with E-state index >= 15 is 0 Å². The fraction of sp³-hybridized carbons (Fsp3) is 0.632. The van der Waals surface area contributed by atoms with Gasteiger partial charge in [-0.3, -0.25) is 4.79 Å². The van der Waals surface area contributed by atoms with Crippen LogP contribution in [0.2, 0.25) is 0 Å². The van der Waals surface area contributed by atoms with Crippen molar-refractivity contribution in [2.24, 2.45) is 5.92 Å². The topological polar surface area (TPSA) is 26.3 Å². The lowest BCUT2D eigenvalue weighted by Crippen LogP contribution is -2.07. The number of carbonyl (C=O) groups is 1. The standard InChI is InChI=1S/C19H29FO2/c1-5-17(21)10-8-6-7-9-16-11-15(4)12-18(19(16)20)22-13-14(2)3/h11-12,14H,5-10,13H2,1-4H3. The highest BCUT2D eigenvalue weighted by Gasteiger charge is 2.11. The van der Waals surface area contributed by atoms with E-state index in [4.69, 9.17) is 4.74 Å². The summed E-state index contributed by atoms with van der Waals surface area (Å²) < 4.78 is 20.0. The molecule has 22 heavy (non-hydrogen) atoms. The third-order valence-electron chi connectivity index (χ3n) is 3.63. The Labute approximate surface area is 134 Å². The number of Topliss-reactive ketones (excluding diaryl/α,β-unsaturated/α-hetero) is 1. The number of rotatable bonds is 10. The van der Waals surface area contributed by atoms with E-state index in [1.54, 1.807) is 6.07 Å². The zero-order valence-electron chi connectivity index (χ0n) is 14.4. The van der Waals surface area contributed by atoms with Crippen LogP contribution in [0.1, 0.15) is 64.0 Å². The molecule has 0 amide bonds. The largest absolute Gasteiger partial charge is 0.490 e. The first-order valence-electron chi connectivity index (χ1n) is 8.37. The zero-order chi connectivity index (χ0) is 16.5. The number of hydrogen-bond acceptors (Lipinski definition) is 2. The summed E-state index contributed by atoms with van der Waals surface area (Å²) in [6.45, 7) is 8.48. The van der Waals surface area contributed by atoms with Gasteiger partial charge in [0.2, 0.25) is 0 Å². The number of halogens is 1. The summed E-state index contributed by atoms with van der Waals surface area (Å²) in [7, 11) is 0. The molecule has 0 N–H and O–H groups in total. The van der Waals surface area contributed by atoms with Crippen molar-refractivity contribution in [1.82, 2.24) is 0 Å². The molecule has 0 aliphatic carbocycles. The lowest BCUT2D eigenvalue weighted by atomic mass is 10.0. The van der Waals surface area contributed by atoms with Crippen LogP contribution in [0.25, 0.3) is 0 Å². The van der Waals surface area contributed by atoms with Crippen LogP contribution in [0.4, 0.5) is 4.39 Å². The van der Waals surface area contributed by atoms with Gasteiger partial charge in [-0.25, -0.2) is 4.39 Å². The van der Waals surface area contributed by atoms with Gasteiger partial charge < -0.3 is 4.74 Å². The van der Waals surface area contributed by atoms with Crippen molar-refractivity contribution in [1.29, 1.82) is 0 Å². The summed E-state index contributed by atoms with van der Waals surface area (Å²) in [5.74, 6) is 0.825. The van der Waals surface area contributed by atoms with E-state index in [9.17, 15) is 9.18 Å². The fourth-order valence-corrected chi connectivity index (χ4v) is 2.34. The molecule has 0 aromatic heterocycles. The minimum Gasteiger partial charge on any atom is -0.490 e. The van der Waals surface area contributed by atoms with Gasteiger partial charge in [0.05, 0.1) is 6.61 Å². The summed E-state index contributed by atoms with van der Waals surface area (Å²) in [6.07, 6.45) is 4.73. The molecule has 0 aliphatic heterocycles. The van der Waals surface area contributed by atoms with Crippen molar-refractivity contribution in [2.75, 3.05) is 6.61 Å². The normalized spacial score (nSPS) is 11.0. The Morgan fingerprint density at radius 1 is 1.23 bits per heavy atom. The second-order valence-electron chi connectivity index (χ2n) is 6.39. The van der Waals surface area contributed by atoms with Gasteiger partial charge in [0.15, 0.2) is 11.6 Å². The maximum atomic E-state index is 14.4. The molecule has 2 nitrogen and oxygen atoms in total. The summed E-state index contributed by atoms with van der Waals surface area (Å²) in [4.78, 5) is 11.2. The molecule has 0 atom stereocenters. The molecule has 0 bridgehead atoms. The third-order valence-corrected chi connectivity index (χ3v) is 3.63. The smallest absolute Gasteiger partial charge is 0.168 e. The number of hydrogen-bond donors (Lipinski definition) is 0. The highest BCUT2D eigenvalue weighted by atomic mass is 19.1. The van der Waals surface area contributed by atoms with Crippen LogP contribution < -0.4 is 4.74 Å². The monoisotopic (exact) mass is 308 g/mol. The van der Waals surface area contributed by atoms with E-state index in [2.05, 4.69) is 0 Å². The number of benzene rings is 1. The second-order valence-corrected chi connectivity index (χ2v) is 6.39. The molecule has 0 unspecified atom stereocenters. The van der Waals surface area contributed by atoms with Crippen molar-refractivity contribution < 1.29 is 13.9 Å². The molecule has 0 fully saturated rings. The molecular weight excluding hydrogens is 279 g/mol. The van der Waals surface area contributed by atoms with Crippen LogP contribution in [0, 0.1) is 18.7 Å². The Balaban J connectivity index is 2.53. The molecular formula is C19H29FO2. The maximum absolute atomic E-state index is 14.4. The average Bonchev–Trinajstić information content (AvgIpc) is 2.47. The van der Waals surface area contributed by atoms with E-state index in [-0.39, 0.29) is 5.82 Å². The summed E-state index contributed by atoms with van der Waals surface area (Å²) in [5.41, 5.74) is 1.75. The van der Waals surface area contributed by atoms with Crippen LogP contribution in [0.3, 0.4) is 0 Å². The van der Waals surface area contributed by atoms with Crippen molar-refractivity contribution in [2.45, 2.75) is 66.2 Å². The van der Waals surface area contributed by atoms with E-state index < -0.39 is 0 Å². The van der Waals surface area contributed by atoms with Crippen molar-refractivity contribution in [3.8, 4) is 5.75 Å². The molecule has 0 spiro atoms. The van der Waals surface area contributed by atoms with E-state index in [1.165, 1.54) is 0 Å². The van der Waals surface area contributed by atoms with Crippen molar-refractivity contribution >= 4 is 5.78 Å². The molecule has 124 valence electrons. The summed E-state index contributed by atoms with van der Waals surface area (Å²) >= 11 is 0. The van der Waals surface area contributed by atoms with Crippen molar-refractivity contribution in [3.05, 3.63) is 29.1 Å². The minimum atomic E-state index is -0.226. The Bertz CT molecular complexity index is 481. The van der Waals surface area contributed by atoms with E-state index in [0.717, 1.165) is 30.4 Å². The first-order chi connectivity index (χ1) is 10.4. The van der Waals surface area contributed by atoms with Crippen LogP contribution >= 0.6 is 0 Å². The molecule has 0 heterocycles. The van der Waals surface area contributed by atoms with Crippen LogP contribution in [-0.4, -0.2) is 12.4 Å². The average molecular weight is 308 g/mol. The fourth-order valence-electron chi connectivity index (χ4n) is 2.34. The first kappa shape index (κ1) is 18.7. The molecule has 0 aliphatic rings. The maximum Gasteiger partial charge on any atom is 0.168 e. The van der Waals surface area contributed by atoms with Gasteiger partial charge in [-0.05, 0) is 49.3 Å². The molecule has 3 heteroatoms. The molecule has 0 saturated heterocycles. The third kappa shape index (κ3) is 6.59. The highest BCUT2D eigenvalue weighted by Crippen LogP contribution is 2.25. The lowest BCUT2D eigenvalue weighted by molar-refractivity contribution is -0.118.